The van der Waals surface area contributed by atoms with Crippen LogP contribution in [-0.4, -0.2) is 29.9 Å². The molecule has 0 fully saturated rings. The molecule has 1 N–H and O–H groups in total. The molecule has 0 aliphatic heterocycles. The lowest BCUT2D eigenvalue weighted by Crippen LogP contribution is -2.13. The van der Waals surface area contributed by atoms with E-state index in [1.807, 2.05) is 0 Å². The number of aromatic nitrogens is 2. The molecule has 108 valence electrons. The largest absolute Gasteiger partial charge is 0.465 e. The molecule has 0 aromatic carbocycles. The van der Waals surface area contributed by atoms with Crippen LogP contribution in [0.4, 0.5) is 5.13 Å². The normalized spacial score (nSPS) is 11.9. The van der Waals surface area contributed by atoms with E-state index >= 15 is 0 Å². The minimum atomic E-state index is -3.54. The minimum Gasteiger partial charge on any atom is -0.465 e. The Bertz CT molecular complexity index is 828. The van der Waals surface area contributed by atoms with Crippen molar-refractivity contribution in [2.24, 2.45) is 0 Å². The van der Waals surface area contributed by atoms with Gasteiger partial charge in [-0.15, -0.1) is 0 Å². The minimum absolute atomic E-state index is 0.0129. The van der Waals surface area contributed by atoms with E-state index in [2.05, 4.69) is 14.7 Å². The van der Waals surface area contributed by atoms with Crippen LogP contribution in [0, 0.1) is 11.3 Å². The van der Waals surface area contributed by atoms with Crippen molar-refractivity contribution in [3.8, 4) is 6.07 Å². The van der Waals surface area contributed by atoms with Crippen LogP contribution in [-0.2, 0) is 14.6 Å². The average molecular weight is 324 g/mol. The van der Waals surface area contributed by atoms with Crippen molar-refractivity contribution in [1.29, 1.82) is 5.26 Å². The van der Waals surface area contributed by atoms with Gasteiger partial charge in [0.25, 0.3) is 11.1 Å². The Morgan fingerprint density at radius 1 is 1.57 bits per heavy atom. The van der Waals surface area contributed by atoms with Gasteiger partial charge in [0.2, 0.25) is 15.0 Å². The molecule has 0 saturated heterocycles. The predicted octanol–water partition coefficient (Wildman–Crippen LogP) is 1.08. The number of sulfone groups is 1. The summed E-state index contributed by atoms with van der Waals surface area (Å²) in [6.07, 6.45) is 3.62. The molecular formula is C11H8N4O4S2. The number of carbonyl (C=O) groups is 1. The fourth-order valence-corrected chi connectivity index (χ4v) is 2.68. The molecule has 1 amide bonds. The highest BCUT2D eigenvalue weighted by atomic mass is 32.2. The molecule has 0 saturated carbocycles. The van der Waals surface area contributed by atoms with Gasteiger partial charge < -0.3 is 4.42 Å². The highest BCUT2D eigenvalue weighted by Crippen LogP contribution is 2.16. The third kappa shape index (κ3) is 3.74. The number of hydrogen-bond acceptors (Lipinski definition) is 8. The topological polar surface area (TPSA) is 126 Å². The van der Waals surface area contributed by atoms with Gasteiger partial charge in [0.05, 0.1) is 6.26 Å². The van der Waals surface area contributed by atoms with Gasteiger partial charge >= 0.3 is 0 Å². The molecule has 0 spiro atoms. The van der Waals surface area contributed by atoms with E-state index in [0.717, 1.165) is 6.26 Å². The Hall–Kier alpha value is -2.51. The summed E-state index contributed by atoms with van der Waals surface area (Å²) in [6, 6.07) is 4.92. The highest BCUT2D eigenvalue weighted by Gasteiger charge is 2.17. The zero-order valence-corrected chi connectivity index (χ0v) is 12.2. The maximum atomic E-state index is 11.9. The van der Waals surface area contributed by atoms with Crippen molar-refractivity contribution in [3.05, 3.63) is 29.7 Å². The third-order valence-electron chi connectivity index (χ3n) is 2.15. The molecule has 0 atom stereocenters. The fraction of sp³-hybridized carbons (Fsp3) is 0.0909. The molecule has 2 rings (SSSR count). The molecule has 8 nitrogen and oxygen atoms in total. The average Bonchev–Trinajstić information content (AvgIpc) is 3.05. The standard InChI is InChI=1S/C11H8N4O4S2/c1-21(17,18)11-14-10(20-15-11)13-9(16)7(6-12)5-8-3-2-4-19-8/h2-5H,1H3,(H,13,14,15,16)/b7-5-. The van der Waals surface area contributed by atoms with Crippen molar-refractivity contribution in [2.45, 2.75) is 5.16 Å². The number of nitrogens with one attached hydrogen (secondary N) is 1. The van der Waals surface area contributed by atoms with Crippen LogP contribution in [0.15, 0.2) is 33.5 Å². The molecule has 0 bridgehead atoms. The van der Waals surface area contributed by atoms with Crippen LogP contribution in [0.2, 0.25) is 0 Å². The van der Waals surface area contributed by atoms with Crippen molar-refractivity contribution in [3.63, 3.8) is 0 Å². The summed E-state index contributed by atoms with van der Waals surface area (Å²) < 4.78 is 31.1. The Labute approximate surface area is 123 Å². The first-order valence-corrected chi connectivity index (χ1v) is 8.07. The first-order valence-electron chi connectivity index (χ1n) is 5.40. The predicted molar refractivity (Wildman–Crippen MR) is 73.9 cm³/mol. The second-order valence-corrected chi connectivity index (χ2v) is 6.45. The monoisotopic (exact) mass is 324 g/mol. The summed E-state index contributed by atoms with van der Waals surface area (Å²) >= 11 is 0.708. The SMILES string of the molecule is CS(=O)(=O)c1nsc(NC(=O)/C(C#N)=C\c2ccco2)n1. The molecule has 2 aromatic heterocycles. The van der Waals surface area contributed by atoms with Gasteiger partial charge in [-0.05, 0) is 12.1 Å². The number of anilines is 1. The lowest BCUT2D eigenvalue weighted by molar-refractivity contribution is -0.112. The van der Waals surface area contributed by atoms with Gasteiger partial charge in [0.1, 0.15) is 17.4 Å². The van der Waals surface area contributed by atoms with Crippen LogP contribution in [0.3, 0.4) is 0 Å². The van der Waals surface area contributed by atoms with Crippen LogP contribution in [0.25, 0.3) is 6.08 Å². The first-order chi connectivity index (χ1) is 9.90. The Kier molecular flexibility index (Phi) is 4.15. The second-order valence-electron chi connectivity index (χ2n) is 3.79. The van der Waals surface area contributed by atoms with E-state index in [0.29, 0.717) is 17.3 Å². The van der Waals surface area contributed by atoms with Gasteiger partial charge in [0.15, 0.2) is 0 Å². The van der Waals surface area contributed by atoms with Crippen LogP contribution < -0.4 is 5.32 Å². The number of furan rings is 1. The summed E-state index contributed by atoms with van der Waals surface area (Å²) in [4.78, 5) is 15.5. The summed E-state index contributed by atoms with van der Waals surface area (Å²) in [6.45, 7) is 0. The molecule has 2 aromatic rings. The van der Waals surface area contributed by atoms with Crippen molar-refractivity contribution >= 4 is 38.5 Å². The van der Waals surface area contributed by atoms with Gasteiger partial charge in [-0.25, -0.2) is 8.42 Å². The van der Waals surface area contributed by atoms with Gasteiger partial charge in [0, 0.05) is 23.9 Å². The second kappa shape index (κ2) is 5.86. The molecule has 0 unspecified atom stereocenters. The molecule has 0 radical (unpaired) electrons. The number of hydrogen-bond donors (Lipinski definition) is 1. The van der Waals surface area contributed by atoms with Crippen LogP contribution in [0.1, 0.15) is 5.76 Å². The zero-order chi connectivity index (χ0) is 15.5. The Morgan fingerprint density at radius 3 is 2.86 bits per heavy atom. The van der Waals surface area contributed by atoms with Crippen LogP contribution >= 0.6 is 11.5 Å². The number of carbonyl (C=O) groups excluding carboxylic acids is 1. The number of nitriles is 1. The lowest BCUT2D eigenvalue weighted by Gasteiger charge is -1.98. The first kappa shape index (κ1) is 14.9. The third-order valence-corrected chi connectivity index (χ3v) is 3.75. The maximum Gasteiger partial charge on any atom is 0.268 e. The molecule has 0 aliphatic carbocycles. The smallest absolute Gasteiger partial charge is 0.268 e. The number of amides is 1. The van der Waals surface area contributed by atoms with Crippen LogP contribution in [0.5, 0.6) is 0 Å². The van der Waals surface area contributed by atoms with Gasteiger partial charge in [-0.1, -0.05) is 0 Å². The van der Waals surface area contributed by atoms with Gasteiger partial charge in [-0.2, -0.15) is 14.6 Å². The van der Waals surface area contributed by atoms with E-state index in [1.165, 1.54) is 12.3 Å². The van der Waals surface area contributed by atoms with E-state index in [-0.39, 0.29) is 15.9 Å². The summed E-state index contributed by atoms with van der Waals surface area (Å²) in [7, 11) is -3.54. The van der Waals surface area contributed by atoms with Gasteiger partial charge in [-0.3, -0.25) is 10.1 Å². The molecule has 0 aliphatic rings. The summed E-state index contributed by atoms with van der Waals surface area (Å²) in [5, 5.41) is 10.9. The van der Waals surface area contributed by atoms with E-state index in [4.69, 9.17) is 9.68 Å². The molecule has 2 heterocycles. The van der Waals surface area contributed by atoms with E-state index in [1.54, 1.807) is 18.2 Å². The molecule has 21 heavy (non-hydrogen) atoms. The highest BCUT2D eigenvalue weighted by molar-refractivity contribution is 7.90. The quantitative estimate of drug-likeness (QED) is 0.658. The van der Waals surface area contributed by atoms with Crippen molar-refractivity contribution < 1.29 is 17.6 Å². The Morgan fingerprint density at radius 2 is 2.33 bits per heavy atom. The maximum absolute atomic E-state index is 11.9. The zero-order valence-electron chi connectivity index (χ0n) is 10.6. The lowest BCUT2D eigenvalue weighted by atomic mass is 10.2. The van der Waals surface area contributed by atoms with Crippen molar-refractivity contribution in [1.82, 2.24) is 9.36 Å². The molecular weight excluding hydrogens is 316 g/mol. The summed E-state index contributed by atoms with van der Waals surface area (Å²) in [5.74, 6) is -0.388. The Balaban J connectivity index is 2.17. The fourth-order valence-electron chi connectivity index (χ4n) is 1.24. The summed E-state index contributed by atoms with van der Waals surface area (Å²) in [5.41, 5.74) is -0.207. The number of rotatable bonds is 4. The number of nitrogens with zero attached hydrogens (tertiary/aromatic N) is 3. The van der Waals surface area contributed by atoms with E-state index in [9.17, 15) is 13.2 Å². The van der Waals surface area contributed by atoms with Crippen molar-refractivity contribution in [2.75, 3.05) is 11.6 Å². The molecule has 10 heteroatoms. The van der Waals surface area contributed by atoms with E-state index < -0.39 is 15.7 Å².